The number of hydrogen-bond acceptors (Lipinski definition) is 5. The Kier molecular flexibility index (Phi) is 11.0. The van der Waals surface area contributed by atoms with Gasteiger partial charge in [-0.2, -0.15) is 13.2 Å². The number of anilines is 2. The first-order valence-corrected chi connectivity index (χ1v) is 13.5. The number of carbonyl (C=O) groups is 1. The fourth-order valence-electron chi connectivity index (χ4n) is 4.28. The molecule has 0 bridgehead atoms. The molecule has 40 heavy (non-hydrogen) atoms. The van der Waals surface area contributed by atoms with Crippen LogP contribution < -0.4 is 15.5 Å². The van der Waals surface area contributed by atoms with Gasteiger partial charge in [-0.05, 0) is 68.4 Å². The fourth-order valence-corrected chi connectivity index (χ4v) is 4.45. The topological polar surface area (TPSA) is 60.0 Å². The van der Waals surface area contributed by atoms with Crippen molar-refractivity contribution in [2.75, 3.05) is 42.9 Å². The van der Waals surface area contributed by atoms with Crippen LogP contribution in [0.1, 0.15) is 48.3 Å². The van der Waals surface area contributed by atoms with Crippen LogP contribution in [0.5, 0.6) is 0 Å². The van der Waals surface area contributed by atoms with Crippen LogP contribution in [-0.4, -0.2) is 48.7 Å². The number of allylic oxidation sites excluding steroid dienone is 4. The molecule has 1 amide bonds. The van der Waals surface area contributed by atoms with Gasteiger partial charge in [-0.15, -0.1) is 0 Å². The van der Waals surface area contributed by atoms with E-state index in [1.54, 1.807) is 42.5 Å². The van der Waals surface area contributed by atoms with Crippen LogP contribution in [0.4, 0.5) is 24.5 Å². The minimum absolute atomic E-state index is 0.0490. The van der Waals surface area contributed by atoms with Gasteiger partial charge in [-0.1, -0.05) is 49.4 Å². The van der Waals surface area contributed by atoms with E-state index >= 15 is 0 Å². The van der Waals surface area contributed by atoms with Crippen molar-refractivity contribution < 1.29 is 18.0 Å². The third-order valence-corrected chi connectivity index (χ3v) is 6.78. The monoisotopic (exact) mass is 573 g/mol. The molecule has 0 aliphatic carbocycles. The Morgan fingerprint density at radius 3 is 2.52 bits per heavy atom. The average Bonchev–Trinajstić information content (AvgIpc) is 2.95. The van der Waals surface area contributed by atoms with Crippen molar-refractivity contribution in [3.8, 4) is 0 Å². The van der Waals surface area contributed by atoms with Crippen LogP contribution in [0.3, 0.4) is 0 Å². The van der Waals surface area contributed by atoms with Crippen LogP contribution in [0.15, 0.2) is 84.2 Å². The second-order valence-electron chi connectivity index (χ2n) is 9.34. The maximum atomic E-state index is 13.7. The molecule has 3 rings (SSSR count). The van der Waals surface area contributed by atoms with E-state index in [0.29, 0.717) is 30.3 Å². The quantitative estimate of drug-likeness (QED) is 0.237. The van der Waals surface area contributed by atoms with Gasteiger partial charge in [0, 0.05) is 43.1 Å². The van der Waals surface area contributed by atoms with E-state index in [2.05, 4.69) is 34.0 Å². The van der Waals surface area contributed by atoms with Crippen LogP contribution in [0.2, 0.25) is 0 Å². The third kappa shape index (κ3) is 8.72. The van der Waals surface area contributed by atoms with Crippen LogP contribution in [0, 0.1) is 0 Å². The highest BCUT2D eigenvalue weighted by atomic mass is 35.5. The van der Waals surface area contributed by atoms with E-state index in [1.807, 2.05) is 24.8 Å². The number of halogens is 4. The summed E-state index contributed by atoms with van der Waals surface area (Å²) >= 11 is 6.13. The zero-order valence-electron chi connectivity index (χ0n) is 22.9. The molecule has 0 spiro atoms. The molecule has 0 unspecified atom stereocenters. The SMILES string of the molecule is C=C/C=C/C(Cl)=N\C(=C/C)N[C@@H](C)c1cccc(NC(=O)c2cc(N3CCN(CC)CC3)cc(C(F)(F)F)c2)c1. The molecular weight excluding hydrogens is 539 g/mol. The summed E-state index contributed by atoms with van der Waals surface area (Å²) in [4.78, 5) is 21.6. The minimum Gasteiger partial charge on any atom is -0.369 e. The Labute approximate surface area is 238 Å². The number of amides is 1. The predicted octanol–water partition coefficient (Wildman–Crippen LogP) is 6.99. The van der Waals surface area contributed by atoms with Gasteiger partial charge in [-0.3, -0.25) is 4.79 Å². The smallest absolute Gasteiger partial charge is 0.369 e. The predicted molar refractivity (Wildman–Crippen MR) is 158 cm³/mol. The van der Waals surface area contributed by atoms with Gasteiger partial charge in [0.25, 0.3) is 5.91 Å². The van der Waals surface area contributed by atoms with Crippen molar-refractivity contribution in [2.45, 2.75) is 33.0 Å². The van der Waals surface area contributed by atoms with Crippen molar-refractivity contribution in [2.24, 2.45) is 4.99 Å². The Morgan fingerprint density at radius 1 is 1.18 bits per heavy atom. The molecule has 2 N–H and O–H groups in total. The maximum Gasteiger partial charge on any atom is 0.416 e. The molecule has 0 saturated carbocycles. The van der Waals surface area contributed by atoms with Crippen molar-refractivity contribution in [3.63, 3.8) is 0 Å². The molecule has 0 aromatic heterocycles. The number of benzene rings is 2. The molecule has 1 aliphatic rings. The van der Waals surface area contributed by atoms with E-state index in [1.165, 1.54) is 6.07 Å². The maximum absolute atomic E-state index is 13.7. The summed E-state index contributed by atoms with van der Waals surface area (Å²) in [6, 6.07) is 10.4. The second kappa shape index (κ2) is 14.2. The zero-order chi connectivity index (χ0) is 29.3. The highest BCUT2D eigenvalue weighted by Gasteiger charge is 2.32. The first-order valence-electron chi connectivity index (χ1n) is 13.1. The molecule has 1 fully saturated rings. The van der Waals surface area contributed by atoms with Gasteiger partial charge < -0.3 is 20.4 Å². The van der Waals surface area contributed by atoms with E-state index in [9.17, 15) is 18.0 Å². The molecule has 0 radical (unpaired) electrons. The summed E-state index contributed by atoms with van der Waals surface area (Å²) in [6.07, 6.45) is 2.09. The highest BCUT2D eigenvalue weighted by Crippen LogP contribution is 2.33. The molecule has 2 aromatic carbocycles. The number of alkyl halides is 3. The molecule has 6 nitrogen and oxygen atoms in total. The Bertz CT molecular complexity index is 1280. The molecule has 2 aromatic rings. The van der Waals surface area contributed by atoms with Gasteiger partial charge in [0.15, 0.2) is 0 Å². The van der Waals surface area contributed by atoms with Crippen molar-refractivity contribution in [1.82, 2.24) is 10.2 Å². The lowest BCUT2D eigenvalue weighted by atomic mass is 10.1. The number of piperazine rings is 1. The Hall–Kier alpha value is -3.56. The van der Waals surface area contributed by atoms with Gasteiger partial charge in [0.1, 0.15) is 11.0 Å². The van der Waals surface area contributed by atoms with E-state index < -0.39 is 17.6 Å². The summed E-state index contributed by atoms with van der Waals surface area (Å²) in [6.45, 7) is 13.0. The first-order chi connectivity index (χ1) is 19.0. The van der Waals surface area contributed by atoms with Crippen molar-refractivity contribution in [3.05, 3.63) is 95.9 Å². The van der Waals surface area contributed by atoms with Crippen LogP contribution >= 0.6 is 11.6 Å². The molecule has 214 valence electrons. The summed E-state index contributed by atoms with van der Waals surface area (Å²) in [5, 5.41) is 6.30. The van der Waals surface area contributed by atoms with Gasteiger partial charge in [0.05, 0.1) is 11.6 Å². The fraction of sp³-hybridized carbons (Fsp3) is 0.333. The normalized spacial score (nSPS) is 16.2. The average molecular weight is 574 g/mol. The van der Waals surface area contributed by atoms with Gasteiger partial charge in [-0.25, -0.2) is 4.99 Å². The van der Waals surface area contributed by atoms with Gasteiger partial charge >= 0.3 is 6.18 Å². The Balaban J connectivity index is 1.79. The number of nitrogens with one attached hydrogen (secondary N) is 2. The van der Waals surface area contributed by atoms with Crippen molar-refractivity contribution >= 4 is 34.1 Å². The molecule has 1 aliphatic heterocycles. The minimum atomic E-state index is -4.57. The van der Waals surface area contributed by atoms with Gasteiger partial charge in [0.2, 0.25) is 0 Å². The lowest BCUT2D eigenvalue weighted by molar-refractivity contribution is -0.137. The lowest BCUT2D eigenvalue weighted by Crippen LogP contribution is -2.46. The standard InChI is InChI=1S/C30H35ClF3N5O/c1-5-8-12-27(31)37-28(6-2)35-21(4)22-10-9-11-25(18-22)36-29(40)23-17-24(30(32,33)34)20-26(19-23)39-15-13-38(7-3)14-16-39/h5-6,8-12,17-21,35H,1,7,13-16H2,2-4H3,(H,36,40)/b12-8+,28-6-,37-27+/t21-/m0/s1. The highest BCUT2D eigenvalue weighted by molar-refractivity contribution is 6.68. The summed E-state index contributed by atoms with van der Waals surface area (Å²) in [5.74, 6) is -0.0613. The van der Waals surface area contributed by atoms with Crippen molar-refractivity contribution in [1.29, 1.82) is 0 Å². The largest absolute Gasteiger partial charge is 0.416 e. The number of likely N-dealkylation sites (N-methyl/N-ethyl adjacent to an activating group) is 1. The summed E-state index contributed by atoms with van der Waals surface area (Å²) in [5.41, 5.74) is 0.795. The summed E-state index contributed by atoms with van der Waals surface area (Å²) < 4.78 is 41.2. The number of hydrogen-bond donors (Lipinski definition) is 2. The molecule has 10 heteroatoms. The lowest BCUT2D eigenvalue weighted by Gasteiger charge is -2.36. The van der Waals surface area contributed by atoms with Crippen LogP contribution in [-0.2, 0) is 6.18 Å². The van der Waals surface area contributed by atoms with E-state index in [-0.39, 0.29) is 16.8 Å². The number of rotatable bonds is 10. The van der Waals surface area contributed by atoms with E-state index in [4.69, 9.17) is 11.6 Å². The molecule has 1 saturated heterocycles. The Morgan fingerprint density at radius 2 is 1.90 bits per heavy atom. The third-order valence-electron chi connectivity index (χ3n) is 6.57. The number of aliphatic imine (C=N–C) groups is 1. The van der Waals surface area contributed by atoms with E-state index in [0.717, 1.165) is 37.3 Å². The summed E-state index contributed by atoms with van der Waals surface area (Å²) in [7, 11) is 0. The zero-order valence-corrected chi connectivity index (χ0v) is 23.7. The van der Waals surface area contributed by atoms with Crippen LogP contribution in [0.25, 0.3) is 0 Å². The molecule has 1 heterocycles. The number of nitrogens with zero attached hydrogens (tertiary/aromatic N) is 3. The molecule has 1 atom stereocenters. The second-order valence-corrected chi connectivity index (χ2v) is 9.72. The molecular formula is C30H35ClF3N5O. The number of carbonyl (C=O) groups excluding carboxylic acids is 1. The first kappa shape index (κ1) is 31.0.